The van der Waals surface area contributed by atoms with Gasteiger partial charge in [-0.05, 0) is 35.7 Å². The van der Waals surface area contributed by atoms with Crippen LogP contribution in [0, 0.1) is 6.92 Å². The highest BCUT2D eigenvalue weighted by Crippen LogP contribution is 2.22. The fourth-order valence-corrected chi connectivity index (χ4v) is 4.73. The van der Waals surface area contributed by atoms with E-state index in [2.05, 4.69) is 70.5 Å². The van der Waals surface area contributed by atoms with Gasteiger partial charge in [0.15, 0.2) is 0 Å². The number of pyridine rings is 1. The Morgan fingerprint density at radius 3 is 2.29 bits per heavy atom. The number of nitrogens with zero attached hydrogens (tertiary/aromatic N) is 1. The van der Waals surface area contributed by atoms with Crippen LogP contribution in [0.1, 0.15) is 11.1 Å². The lowest BCUT2D eigenvalue weighted by Gasteiger charge is -2.10. The third kappa shape index (κ3) is 5.17. The summed E-state index contributed by atoms with van der Waals surface area (Å²) in [6, 6.07) is 23.8. The summed E-state index contributed by atoms with van der Waals surface area (Å²) >= 11 is 0. The zero-order chi connectivity index (χ0) is 21.7. The van der Waals surface area contributed by atoms with E-state index in [9.17, 15) is 8.42 Å². The predicted molar refractivity (Wildman–Crippen MR) is 125 cm³/mol. The highest BCUT2D eigenvalue weighted by atomic mass is 32.2. The molecule has 0 aliphatic rings. The van der Waals surface area contributed by atoms with E-state index < -0.39 is 10.0 Å². The fourth-order valence-electron chi connectivity index (χ4n) is 3.47. The summed E-state index contributed by atoms with van der Waals surface area (Å²) in [5.41, 5.74) is 4.78. The largest absolute Gasteiger partial charge is 0.311 e. The molecular formula is C25H25N3O2S. The Morgan fingerprint density at radius 1 is 0.839 bits per heavy atom. The van der Waals surface area contributed by atoms with Crippen molar-refractivity contribution in [3.63, 3.8) is 0 Å². The lowest BCUT2D eigenvalue weighted by molar-refractivity contribution is 0.577. The lowest BCUT2D eigenvalue weighted by Crippen LogP contribution is -2.31. The molecule has 0 saturated carbocycles. The van der Waals surface area contributed by atoms with Gasteiger partial charge in [0, 0.05) is 42.8 Å². The van der Waals surface area contributed by atoms with Gasteiger partial charge in [-0.25, -0.2) is 13.1 Å². The van der Waals surface area contributed by atoms with Crippen LogP contribution in [-0.4, -0.2) is 26.5 Å². The molecule has 0 radical (unpaired) electrons. The molecule has 0 aliphatic heterocycles. The van der Waals surface area contributed by atoms with Gasteiger partial charge in [-0.1, -0.05) is 66.2 Å². The molecule has 0 atom stereocenters. The normalized spacial score (nSPS) is 11.6. The first kappa shape index (κ1) is 21.2. The number of hydrogen-bond donors (Lipinski definition) is 2. The third-order valence-corrected chi connectivity index (χ3v) is 6.71. The van der Waals surface area contributed by atoms with Crippen molar-refractivity contribution in [1.82, 2.24) is 15.0 Å². The lowest BCUT2D eigenvalue weighted by atomic mass is 10.0. The smallest absolute Gasteiger partial charge is 0.241 e. The maximum absolute atomic E-state index is 12.7. The Bertz CT molecular complexity index is 1260. The van der Waals surface area contributed by atoms with Crippen molar-refractivity contribution in [3.05, 3.63) is 96.3 Å². The fraction of sp³-hybridized carbons (Fsp3) is 0.160. The molecule has 6 heteroatoms. The van der Waals surface area contributed by atoms with Crippen molar-refractivity contribution in [1.29, 1.82) is 0 Å². The monoisotopic (exact) mass is 431 g/mol. The first-order chi connectivity index (χ1) is 15.0. The van der Waals surface area contributed by atoms with Crippen LogP contribution in [-0.2, 0) is 16.6 Å². The minimum atomic E-state index is -3.59. The summed E-state index contributed by atoms with van der Waals surface area (Å²) in [5, 5.41) is 4.77. The summed E-state index contributed by atoms with van der Waals surface area (Å²) < 4.78 is 28.1. The number of benzene rings is 3. The van der Waals surface area contributed by atoms with E-state index >= 15 is 0 Å². The molecule has 0 aliphatic carbocycles. The molecule has 0 saturated heterocycles. The number of hydrogen-bond acceptors (Lipinski definition) is 4. The van der Waals surface area contributed by atoms with Gasteiger partial charge in [0.05, 0.1) is 4.90 Å². The van der Waals surface area contributed by atoms with Crippen LogP contribution in [0.3, 0.4) is 0 Å². The Kier molecular flexibility index (Phi) is 6.42. The first-order valence-electron chi connectivity index (χ1n) is 10.2. The molecule has 3 aromatic carbocycles. The van der Waals surface area contributed by atoms with Crippen LogP contribution in [0.25, 0.3) is 21.9 Å². The van der Waals surface area contributed by atoms with Gasteiger partial charge in [0.2, 0.25) is 10.0 Å². The standard InChI is InChI=1S/C25H25N3O2S/c1-19-5-9-21(10-6-19)22-11-7-20(8-12-22)17-27-15-16-28-31(29,30)25-4-2-3-23-18-26-14-13-24(23)25/h2-14,18,27-28H,15-17H2,1H3. The van der Waals surface area contributed by atoms with Gasteiger partial charge in [0.1, 0.15) is 0 Å². The van der Waals surface area contributed by atoms with Gasteiger partial charge in [-0.2, -0.15) is 0 Å². The Balaban J connectivity index is 1.29. The molecule has 4 rings (SSSR count). The number of aromatic nitrogens is 1. The van der Waals surface area contributed by atoms with Gasteiger partial charge >= 0.3 is 0 Å². The van der Waals surface area contributed by atoms with Crippen molar-refractivity contribution in [2.24, 2.45) is 0 Å². The molecule has 31 heavy (non-hydrogen) atoms. The van der Waals surface area contributed by atoms with E-state index in [1.807, 2.05) is 6.07 Å². The summed E-state index contributed by atoms with van der Waals surface area (Å²) in [4.78, 5) is 4.33. The molecule has 4 aromatic rings. The number of aryl methyl sites for hydroxylation is 1. The molecule has 1 aromatic heterocycles. The van der Waals surface area contributed by atoms with Crippen LogP contribution in [0.4, 0.5) is 0 Å². The minimum absolute atomic E-state index is 0.277. The average Bonchev–Trinajstić information content (AvgIpc) is 2.79. The van der Waals surface area contributed by atoms with E-state index in [-0.39, 0.29) is 4.90 Å². The molecule has 0 unspecified atom stereocenters. The summed E-state index contributed by atoms with van der Waals surface area (Å²) in [6.45, 7) is 3.60. The maximum atomic E-state index is 12.7. The van der Waals surface area contributed by atoms with Crippen LogP contribution >= 0.6 is 0 Å². The second kappa shape index (κ2) is 9.39. The third-order valence-electron chi connectivity index (χ3n) is 5.19. The molecule has 0 bridgehead atoms. The first-order valence-corrected chi connectivity index (χ1v) is 11.7. The Labute approximate surface area is 183 Å². The van der Waals surface area contributed by atoms with Gasteiger partial charge in [-0.15, -0.1) is 0 Å². The SMILES string of the molecule is Cc1ccc(-c2ccc(CNCCNS(=O)(=O)c3cccc4cnccc34)cc2)cc1. The van der Waals surface area contributed by atoms with Crippen LogP contribution in [0.15, 0.2) is 90.1 Å². The van der Waals surface area contributed by atoms with Gasteiger partial charge < -0.3 is 5.32 Å². The van der Waals surface area contributed by atoms with Crippen molar-refractivity contribution in [3.8, 4) is 11.1 Å². The molecule has 0 spiro atoms. The molecule has 0 fully saturated rings. The topological polar surface area (TPSA) is 71.1 Å². The quantitative estimate of drug-likeness (QED) is 0.409. The second-order valence-electron chi connectivity index (χ2n) is 7.49. The number of nitrogens with one attached hydrogen (secondary N) is 2. The highest BCUT2D eigenvalue weighted by Gasteiger charge is 2.16. The van der Waals surface area contributed by atoms with Crippen LogP contribution < -0.4 is 10.0 Å². The summed E-state index contributed by atoms with van der Waals surface area (Å²) in [5.74, 6) is 0. The molecule has 0 amide bonds. The number of rotatable bonds is 8. The average molecular weight is 432 g/mol. The van der Waals surface area contributed by atoms with E-state index in [1.54, 1.807) is 30.6 Å². The Hall–Kier alpha value is -3.06. The van der Waals surface area contributed by atoms with Crippen LogP contribution in [0.2, 0.25) is 0 Å². The molecule has 1 heterocycles. The van der Waals surface area contributed by atoms with Gasteiger partial charge in [0.25, 0.3) is 0 Å². The maximum Gasteiger partial charge on any atom is 0.241 e. The van der Waals surface area contributed by atoms with E-state index in [0.717, 1.165) is 10.9 Å². The zero-order valence-corrected chi connectivity index (χ0v) is 18.2. The molecule has 2 N–H and O–H groups in total. The van der Waals surface area contributed by atoms with E-state index in [4.69, 9.17) is 0 Å². The van der Waals surface area contributed by atoms with Gasteiger partial charge in [-0.3, -0.25) is 4.98 Å². The Morgan fingerprint density at radius 2 is 1.55 bits per heavy atom. The number of fused-ring (bicyclic) bond motifs is 1. The summed E-state index contributed by atoms with van der Waals surface area (Å²) in [6.07, 6.45) is 3.27. The van der Waals surface area contributed by atoms with Crippen LogP contribution in [0.5, 0.6) is 0 Å². The minimum Gasteiger partial charge on any atom is -0.311 e. The highest BCUT2D eigenvalue weighted by molar-refractivity contribution is 7.89. The van der Waals surface area contributed by atoms with Crippen molar-refractivity contribution >= 4 is 20.8 Å². The van der Waals surface area contributed by atoms with E-state index in [0.29, 0.717) is 25.0 Å². The molecular weight excluding hydrogens is 406 g/mol. The predicted octanol–water partition coefficient (Wildman–Crippen LogP) is 4.28. The molecule has 158 valence electrons. The molecule has 5 nitrogen and oxygen atoms in total. The summed E-state index contributed by atoms with van der Waals surface area (Å²) in [7, 11) is -3.59. The van der Waals surface area contributed by atoms with Crippen molar-refractivity contribution in [2.75, 3.05) is 13.1 Å². The van der Waals surface area contributed by atoms with Crippen molar-refractivity contribution in [2.45, 2.75) is 18.4 Å². The van der Waals surface area contributed by atoms with E-state index in [1.165, 1.54) is 16.7 Å². The zero-order valence-electron chi connectivity index (χ0n) is 17.4. The second-order valence-corrected chi connectivity index (χ2v) is 9.23. The number of sulfonamides is 1. The van der Waals surface area contributed by atoms with Crippen molar-refractivity contribution < 1.29 is 8.42 Å².